The highest BCUT2D eigenvalue weighted by atomic mass is 16.1. The van der Waals surface area contributed by atoms with Crippen molar-refractivity contribution in [2.45, 2.75) is 52.9 Å². The molecule has 3 saturated carbocycles. The molecule has 0 amide bonds. The van der Waals surface area contributed by atoms with Crippen molar-refractivity contribution in [2.75, 3.05) is 0 Å². The van der Waals surface area contributed by atoms with E-state index in [1.807, 2.05) is 0 Å². The van der Waals surface area contributed by atoms with Crippen LogP contribution in [0.15, 0.2) is 12.2 Å². The maximum Gasteiger partial charge on any atom is 0.159 e. The average Bonchev–Trinajstić information content (AvgIpc) is 2.57. The third kappa shape index (κ3) is 0.846. The summed E-state index contributed by atoms with van der Waals surface area (Å²) in [6.45, 7) is 11.3. The topological polar surface area (TPSA) is 17.1 Å². The van der Waals surface area contributed by atoms with Crippen molar-refractivity contribution in [1.29, 1.82) is 0 Å². The lowest BCUT2D eigenvalue weighted by atomic mass is 9.59. The summed E-state index contributed by atoms with van der Waals surface area (Å²) in [5.41, 5.74) is 1.87. The molecule has 0 radical (unpaired) electrons. The summed E-state index contributed by atoms with van der Waals surface area (Å²) in [5.74, 6) is 0.807. The minimum absolute atomic E-state index is 0.237. The average molecular weight is 218 g/mol. The third-order valence-corrected chi connectivity index (χ3v) is 6.72. The van der Waals surface area contributed by atoms with Crippen LogP contribution in [0.25, 0.3) is 0 Å². The quantitative estimate of drug-likeness (QED) is 0.566. The van der Waals surface area contributed by atoms with Gasteiger partial charge in [-0.1, -0.05) is 33.8 Å². The van der Waals surface area contributed by atoms with Gasteiger partial charge in [-0.15, -0.1) is 0 Å². The number of rotatable bonds is 0. The Morgan fingerprint density at radius 3 is 2.62 bits per heavy atom. The monoisotopic (exact) mass is 218 g/mol. The predicted octanol–water partition coefficient (Wildman–Crippen LogP) is 3.74. The maximum atomic E-state index is 12.1. The molecule has 1 nitrogen and oxygen atoms in total. The van der Waals surface area contributed by atoms with Crippen molar-refractivity contribution in [2.24, 2.45) is 22.2 Å². The van der Waals surface area contributed by atoms with Gasteiger partial charge in [0.1, 0.15) is 0 Å². The summed E-state index contributed by atoms with van der Waals surface area (Å²) >= 11 is 0. The molecule has 0 aliphatic heterocycles. The SMILES string of the molecule is C=C1C(=O)C[C@]2(C)C[C@H]1[C@]1(C)CCC[C@]21C. The van der Waals surface area contributed by atoms with Crippen LogP contribution in [0.1, 0.15) is 52.9 Å². The van der Waals surface area contributed by atoms with Crippen LogP contribution in [0.3, 0.4) is 0 Å². The fraction of sp³-hybridized carbons (Fsp3) is 0.800. The summed E-state index contributed by atoms with van der Waals surface area (Å²) in [6, 6.07) is 0. The van der Waals surface area contributed by atoms with E-state index >= 15 is 0 Å². The third-order valence-electron chi connectivity index (χ3n) is 6.72. The molecule has 3 fully saturated rings. The van der Waals surface area contributed by atoms with E-state index in [0.717, 1.165) is 12.0 Å². The van der Waals surface area contributed by atoms with Crippen molar-refractivity contribution >= 4 is 5.78 Å². The van der Waals surface area contributed by atoms with Gasteiger partial charge in [0.25, 0.3) is 0 Å². The minimum atomic E-state index is 0.237. The van der Waals surface area contributed by atoms with Gasteiger partial charge in [0.2, 0.25) is 0 Å². The van der Waals surface area contributed by atoms with E-state index in [4.69, 9.17) is 0 Å². The summed E-state index contributed by atoms with van der Waals surface area (Å²) in [4.78, 5) is 12.1. The number of fused-ring (bicyclic) bond motifs is 5. The number of hydrogen-bond donors (Lipinski definition) is 0. The maximum absolute atomic E-state index is 12.1. The minimum Gasteiger partial charge on any atom is -0.295 e. The molecule has 0 aromatic heterocycles. The Labute approximate surface area is 98.3 Å². The van der Waals surface area contributed by atoms with Gasteiger partial charge in [0, 0.05) is 6.42 Å². The van der Waals surface area contributed by atoms with Crippen LogP contribution in [0, 0.1) is 22.2 Å². The fourth-order valence-corrected chi connectivity index (χ4v) is 5.26. The highest BCUT2D eigenvalue weighted by Crippen LogP contribution is 2.76. The van der Waals surface area contributed by atoms with Crippen LogP contribution in [0.5, 0.6) is 0 Å². The van der Waals surface area contributed by atoms with Gasteiger partial charge in [-0.25, -0.2) is 0 Å². The molecular weight excluding hydrogens is 196 g/mol. The zero-order valence-electron chi connectivity index (χ0n) is 10.7. The molecule has 1 heteroatoms. The normalized spacial score (nSPS) is 55.6. The molecule has 0 saturated heterocycles. The van der Waals surface area contributed by atoms with E-state index in [0.29, 0.717) is 22.5 Å². The second-order valence-corrected chi connectivity index (χ2v) is 7.05. The number of carbonyl (C=O) groups is 1. The number of ketones is 1. The molecule has 16 heavy (non-hydrogen) atoms. The lowest BCUT2D eigenvalue weighted by molar-refractivity contribution is -0.120. The van der Waals surface area contributed by atoms with Crippen molar-refractivity contribution in [3.8, 4) is 0 Å². The van der Waals surface area contributed by atoms with Crippen LogP contribution in [0.2, 0.25) is 0 Å². The Kier molecular flexibility index (Phi) is 1.73. The molecule has 4 atom stereocenters. The molecule has 0 N–H and O–H groups in total. The second kappa shape index (κ2) is 2.63. The fourth-order valence-electron chi connectivity index (χ4n) is 5.26. The van der Waals surface area contributed by atoms with Crippen molar-refractivity contribution in [3.63, 3.8) is 0 Å². The van der Waals surface area contributed by atoms with Gasteiger partial charge < -0.3 is 0 Å². The molecule has 2 bridgehead atoms. The summed E-state index contributed by atoms with van der Waals surface area (Å²) in [7, 11) is 0. The summed E-state index contributed by atoms with van der Waals surface area (Å²) < 4.78 is 0. The molecule has 0 unspecified atom stereocenters. The highest BCUT2D eigenvalue weighted by molar-refractivity contribution is 5.97. The molecule has 3 rings (SSSR count). The van der Waals surface area contributed by atoms with Crippen LogP contribution in [-0.4, -0.2) is 5.78 Å². The first kappa shape index (κ1) is 10.6. The first-order chi connectivity index (χ1) is 7.34. The van der Waals surface area contributed by atoms with E-state index in [-0.39, 0.29) is 5.41 Å². The Balaban J connectivity index is 2.19. The highest BCUT2D eigenvalue weighted by Gasteiger charge is 2.69. The largest absolute Gasteiger partial charge is 0.295 e. The van der Waals surface area contributed by atoms with E-state index in [1.54, 1.807) is 0 Å². The molecule has 88 valence electrons. The zero-order valence-corrected chi connectivity index (χ0v) is 10.7. The van der Waals surface area contributed by atoms with E-state index in [1.165, 1.54) is 25.7 Å². The summed E-state index contributed by atoms with van der Waals surface area (Å²) in [5, 5.41) is 0. The lowest BCUT2D eigenvalue weighted by Gasteiger charge is -2.45. The van der Waals surface area contributed by atoms with Crippen molar-refractivity contribution in [3.05, 3.63) is 12.2 Å². The number of carbonyl (C=O) groups excluding carboxylic acids is 1. The van der Waals surface area contributed by atoms with Gasteiger partial charge in [-0.2, -0.15) is 0 Å². The van der Waals surface area contributed by atoms with Gasteiger partial charge in [0.05, 0.1) is 0 Å². The first-order valence-corrected chi connectivity index (χ1v) is 6.56. The Bertz CT molecular complexity index is 396. The zero-order chi connectivity index (χ0) is 11.8. The van der Waals surface area contributed by atoms with Gasteiger partial charge in [-0.3, -0.25) is 4.79 Å². The van der Waals surface area contributed by atoms with E-state index in [2.05, 4.69) is 27.4 Å². The molecule has 0 aromatic rings. The molecule has 0 heterocycles. The molecule has 0 aromatic carbocycles. The Hall–Kier alpha value is -0.590. The van der Waals surface area contributed by atoms with Crippen LogP contribution in [-0.2, 0) is 4.79 Å². The number of Topliss-reactive ketones (excluding diaryl/α,β-unsaturated/α-hetero) is 1. The molecule has 0 spiro atoms. The molecule has 3 aliphatic rings. The number of allylic oxidation sites excluding steroid dienone is 1. The van der Waals surface area contributed by atoms with E-state index in [9.17, 15) is 4.79 Å². The second-order valence-electron chi connectivity index (χ2n) is 7.05. The van der Waals surface area contributed by atoms with E-state index < -0.39 is 0 Å². The summed E-state index contributed by atoms with van der Waals surface area (Å²) in [6.07, 6.45) is 5.87. The van der Waals surface area contributed by atoms with Crippen LogP contribution in [0.4, 0.5) is 0 Å². The number of hydrogen-bond acceptors (Lipinski definition) is 1. The van der Waals surface area contributed by atoms with Crippen LogP contribution >= 0.6 is 0 Å². The Morgan fingerprint density at radius 1 is 1.25 bits per heavy atom. The standard InChI is InChI=1S/C15H22O/c1-10-11-8-13(2,9-12(10)16)15(4)7-5-6-14(11,15)3/h11H,1,5-9H2,2-4H3/t11-,13+,14+,15-/m1/s1. The first-order valence-electron chi connectivity index (χ1n) is 6.56. The predicted molar refractivity (Wildman–Crippen MR) is 65.0 cm³/mol. The van der Waals surface area contributed by atoms with Crippen molar-refractivity contribution in [1.82, 2.24) is 0 Å². The van der Waals surface area contributed by atoms with Crippen molar-refractivity contribution < 1.29 is 4.79 Å². The van der Waals surface area contributed by atoms with Crippen LogP contribution < -0.4 is 0 Å². The smallest absolute Gasteiger partial charge is 0.159 e. The van der Waals surface area contributed by atoms with Gasteiger partial charge in [0.15, 0.2) is 5.78 Å². The van der Waals surface area contributed by atoms with Gasteiger partial charge >= 0.3 is 0 Å². The van der Waals surface area contributed by atoms with Gasteiger partial charge in [-0.05, 0) is 47.0 Å². The molecular formula is C15H22O. The molecule has 3 aliphatic carbocycles. The lowest BCUT2D eigenvalue weighted by Crippen LogP contribution is -2.39. The Morgan fingerprint density at radius 2 is 1.94 bits per heavy atom.